The van der Waals surface area contributed by atoms with E-state index in [4.69, 9.17) is 10.2 Å². The molecule has 0 saturated heterocycles. The number of aromatic amines is 1. The Hall–Kier alpha value is -2.04. The standard InChI is InChI=1S/C8H7N3O2/c9-7(12)6-4-13-8(11-6)5-2-1-3-10-5/h1-4,10H,(H2,9,12). The third-order valence-corrected chi connectivity index (χ3v) is 1.58. The summed E-state index contributed by atoms with van der Waals surface area (Å²) in [5, 5.41) is 0. The van der Waals surface area contributed by atoms with Gasteiger partial charge in [0.1, 0.15) is 12.0 Å². The first-order valence-corrected chi connectivity index (χ1v) is 3.66. The lowest BCUT2D eigenvalue weighted by atomic mass is 10.4. The van der Waals surface area contributed by atoms with Crippen LogP contribution in [0.3, 0.4) is 0 Å². The molecule has 5 nitrogen and oxygen atoms in total. The van der Waals surface area contributed by atoms with E-state index in [0.29, 0.717) is 11.6 Å². The average Bonchev–Trinajstić information content (AvgIpc) is 2.75. The van der Waals surface area contributed by atoms with Crippen molar-refractivity contribution in [1.82, 2.24) is 9.97 Å². The van der Waals surface area contributed by atoms with Gasteiger partial charge >= 0.3 is 0 Å². The van der Waals surface area contributed by atoms with Crippen molar-refractivity contribution in [2.75, 3.05) is 0 Å². The van der Waals surface area contributed by atoms with Crippen LogP contribution < -0.4 is 5.73 Å². The van der Waals surface area contributed by atoms with E-state index >= 15 is 0 Å². The van der Waals surface area contributed by atoms with E-state index in [1.807, 2.05) is 6.07 Å². The van der Waals surface area contributed by atoms with E-state index in [1.165, 1.54) is 6.26 Å². The highest BCUT2D eigenvalue weighted by Gasteiger charge is 2.09. The van der Waals surface area contributed by atoms with Crippen molar-refractivity contribution in [2.45, 2.75) is 0 Å². The second-order valence-electron chi connectivity index (χ2n) is 2.49. The minimum atomic E-state index is -0.596. The van der Waals surface area contributed by atoms with Crippen molar-refractivity contribution in [3.63, 3.8) is 0 Å². The molecule has 2 rings (SSSR count). The van der Waals surface area contributed by atoms with Crippen LogP contribution in [0.5, 0.6) is 0 Å². The van der Waals surface area contributed by atoms with Crippen LogP contribution in [0.1, 0.15) is 10.5 Å². The maximum absolute atomic E-state index is 10.7. The molecule has 0 saturated carbocycles. The molecule has 0 radical (unpaired) electrons. The predicted octanol–water partition coefficient (Wildman–Crippen LogP) is 0.769. The predicted molar refractivity (Wildman–Crippen MR) is 44.8 cm³/mol. The van der Waals surface area contributed by atoms with E-state index in [2.05, 4.69) is 9.97 Å². The van der Waals surface area contributed by atoms with Gasteiger partial charge in [-0.3, -0.25) is 4.79 Å². The Morgan fingerprint density at radius 3 is 3.00 bits per heavy atom. The molecule has 0 aliphatic carbocycles. The first-order chi connectivity index (χ1) is 6.27. The molecule has 2 aromatic rings. The molecule has 2 aromatic heterocycles. The summed E-state index contributed by atoms with van der Waals surface area (Å²) in [7, 11) is 0. The fourth-order valence-electron chi connectivity index (χ4n) is 0.974. The zero-order valence-electron chi connectivity index (χ0n) is 6.65. The largest absolute Gasteiger partial charge is 0.443 e. The lowest BCUT2D eigenvalue weighted by Gasteiger charge is -1.86. The third kappa shape index (κ3) is 1.31. The first-order valence-electron chi connectivity index (χ1n) is 3.66. The SMILES string of the molecule is NC(=O)c1coc(-c2ccc[nH]2)n1. The summed E-state index contributed by atoms with van der Waals surface area (Å²) in [5.74, 6) is -0.236. The highest BCUT2D eigenvalue weighted by molar-refractivity contribution is 5.90. The minimum Gasteiger partial charge on any atom is -0.443 e. The fourth-order valence-corrected chi connectivity index (χ4v) is 0.974. The molecule has 3 N–H and O–H groups in total. The van der Waals surface area contributed by atoms with Gasteiger partial charge in [-0.2, -0.15) is 0 Å². The number of amides is 1. The number of nitrogens with one attached hydrogen (secondary N) is 1. The summed E-state index contributed by atoms with van der Waals surface area (Å²) in [5.41, 5.74) is 5.85. The molecule has 0 unspecified atom stereocenters. The molecule has 0 bridgehead atoms. The number of nitrogens with zero attached hydrogens (tertiary/aromatic N) is 1. The van der Waals surface area contributed by atoms with Gasteiger partial charge in [0.05, 0.1) is 0 Å². The van der Waals surface area contributed by atoms with E-state index in [-0.39, 0.29) is 5.69 Å². The summed E-state index contributed by atoms with van der Waals surface area (Å²) in [4.78, 5) is 17.5. The molecule has 1 amide bonds. The smallest absolute Gasteiger partial charge is 0.270 e. The van der Waals surface area contributed by atoms with Gasteiger partial charge in [-0.25, -0.2) is 4.98 Å². The lowest BCUT2D eigenvalue weighted by molar-refractivity contribution is 0.0995. The molecule has 0 aliphatic rings. The molecule has 0 aliphatic heterocycles. The van der Waals surface area contributed by atoms with Gasteiger partial charge in [-0.1, -0.05) is 0 Å². The van der Waals surface area contributed by atoms with Gasteiger partial charge in [-0.15, -0.1) is 0 Å². The number of H-pyrrole nitrogens is 1. The molecule has 5 heteroatoms. The number of carbonyl (C=O) groups is 1. The van der Waals surface area contributed by atoms with Gasteiger partial charge in [0, 0.05) is 6.20 Å². The molecule has 2 heterocycles. The van der Waals surface area contributed by atoms with Crippen LogP contribution in [0.4, 0.5) is 0 Å². The third-order valence-electron chi connectivity index (χ3n) is 1.58. The van der Waals surface area contributed by atoms with Crippen LogP contribution in [0.2, 0.25) is 0 Å². The Kier molecular flexibility index (Phi) is 1.63. The highest BCUT2D eigenvalue weighted by Crippen LogP contribution is 2.15. The van der Waals surface area contributed by atoms with Crippen LogP contribution in [0.25, 0.3) is 11.6 Å². The van der Waals surface area contributed by atoms with Gasteiger partial charge in [0.2, 0.25) is 5.89 Å². The van der Waals surface area contributed by atoms with Crippen molar-refractivity contribution < 1.29 is 9.21 Å². The Balaban J connectivity index is 2.39. The normalized spacial score (nSPS) is 10.2. The quantitative estimate of drug-likeness (QED) is 0.710. The number of hydrogen-bond donors (Lipinski definition) is 2. The molecule has 66 valence electrons. The summed E-state index contributed by atoms with van der Waals surface area (Å²) in [6.45, 7) is 0. The van der Waals surface area contributed by atoms with E-state index < -0.39 is 5.91 Å². The maximum Gasteiger partial charge on any atom is 0.270 e. The molecule has 0 fully saturated rings. The molecule has 0 spiro atoms. The minimum absolute atomic E-state index is 0.129. The first kappa shape index (κ1) is 7.60. The van der Waals surface area contributed by atoms with Crippen molar-refractivity contribution >= 4 is 5.91 Å². The molecular weight excluding hydrogens is 170 g/mol. The van der Waals surface area contributed by atoms with Gasteiger partial charge < -0.3 is 15.1 Å². The monoisotopic (exact) mass is 177 g/mol. The van der Waals surface area contributed by atoms with E-state index in [9.17, 15) is 4.79 Å². The van der Waals surface area contributed by atoms with Crippen molar-refractivity contribution in [1.29, 1.82) is 0 Å². The second-order valence-corrected chi connectivity index (χ2v) is 2.49. The average molecular weight is 177 g/mol. The number of primary amides is 1. The Bertz CT molecular complexity index is 416. The summed E-state index contributed by atoms with van der Waals surface area (Å²) in [6.07, 6.45) is 2.97. The zero-order chi connectivity index (χ0) is 9.26. The molecule has 0 atom stereocenters. The van der Waals surface area contributed by atoms with Crippen molar-refractivity contribution in [2.24, 2.45) is 5.73 Å². The number of nitrogens with two attached hydrogens (primary N) is 1. The molecular formula is C8H7N3O2. The van der Waals surface area contributed by atoms with Crippen LogP contribution in [0.15, 0.2) is 29.0 Å². The summed E-state index contributed by atoms with van der Waals surface area (Å²) >= 11 is 0. The van der Waals surface area contributed by atoms with Crippen LogP contribution >= 0.6 is 0 Å². The molecule has 13 heavy (non-hydrogen) atoms. The van der Waals surface area contributed by atoms with Crippen molar-refractivity contribution in [3.8, 4) is 11.6 Å². The fraction of sp³-hybridized carbons (Fsp3) is 0. The van der Waals surface area contributed by atoms with Crippen LogP contribution in [-0.2, 0) is 0 Å². The zero-order valence-corrected chi connectivity index (χ0v) is 6.65. The second kappa shape index (κ2) is 2.78. The van der Waals surface area contributed by atoms with Crippen molar-refractivity contribution in [3.05, 3.63) is 30.3 Å². The number of oxazole rings is 1. The summed E-state index contributed by atoms with van der Waals surface area (Å²) < 4.78 is 5.03. The van der Waals surface area contributed by atoms with Gasteiger partial charge in [0.25, 0.3) is 5.91 Å². The topological polar surface area (TPSA) is 84.9 Å². The van der Waals surface area contributed by atoms with E-state index in [1.54, 1.807) is 12.3 Å². The summed E-state index contributed by atoms with van der Waals surface area (Å²) in [6, 6.07) is 3.60. The Morgan fingerprint density at radius 1 is 1.62 bits per heavy atom. The number of hydrogen-bond acceptors (Lipinski definition) is 3. The number of aromatic nitrogens is 2. The highest BCUT2D eigenvalue weighted by atomic mass is 16.3. The number of rotatable bonds is 2. The Labute approximate surface area is 73.6 Å². The van der Waals surface area contributed by atoms with E-state index in [0.717, 1.165) is 0 Å². The van der Waals surface area contributed by atoms with Gasteiger partial charge in [-0.05, 0) is 12.1 Å². The van der Waals surface area contributed by atoms with Crippen LogP contribution in [0, 0.1) is 0 Å². The Morgan fingerprint density at radius 2 is 2.46 bits per heavy atom. The van der Waals surface area contributed by atoms with Crippen LogP contribution in [-0.4, -0.2) is 15.9 Å². The maximum atomic E-state index is 10.7. The molecule has 0 aromatic carbocycles. The van der Waals surface area contributed by atoms with Gasteiger partial charge in [0.15, 0.2) is 5.69 Å². The lowest BCUT2D eigenvalue weighted by Crippen LogP contribution is -2.10. The number of carbonyl (C=O) groups excluding carboxylic acids is 1.